The minimum atomic E-state index is -0.366. The number of amides is 1. The number of unbranched alkanes of at least 4 members (excludes halogenated alkanes) is 4. The zero-order valence-corrected chi connectivity index (χ0v) is 17.9. The smallest absolute Gasteiger partial charge is 0.330 e. The van der Waals surface area contributed by atoms with Gasteiger partial charge in [0, 0.05) is 21.8 Å². The van der Waals surface area contributed by atoms with E-state index in [9.17, 15) is 9.59 Å². The molecule has 0 aromatic heterocycles. The average Bonchev–Trinajstić information content (AvgIpc) is 2.74. The lowest BCUT2D eigenvalue weighted by atomic mass is 10.1. The quantitative estimate of drug-likeness (QED) is 0.249. The maximum Gasteiger partial charge on any atom is 0.330 e. The Morgan fingerprint density at radius 2 is 1.52 bits per heavy atom. The Morgan fingerprint density at radius 3 is 2.17 bits per heavy atom. The number of hydrogen-bond acceptors (Lipinski definition) is 4. The average molecular weight is 460 g/mol. The maximum absolute atomic E-state index is 12.3. The molecule has 1 amide bonds. The molecule has 29 heavy (non-hydrogen) atoms. The first-order valence-electron chi connectivity index (χ1n) is 9.67. The molecular weight excluding hydrogens is 434 g/mol. The Bertz CT molecular complexity index is 788. The molecule has 6 heteroatoms. The van der Waals surface area contributed by atoms with E-state index in [-0.39, 0.29) is 11.9 Å². The van der Waals surface area contributed by atoms with Crippen molar-refractivity contribution >= 4 is 33.5 Å². The number of nitrogens with one attached hydrogen (secondary N) is 1. The van der Waals surface area contributed by atoms with Crippen LogP contribution in [-0.2, 0) is 9.53 Å². The van der Waals surface area contributed by atoms with Crippen LogP contribution in [0.1, 0.15) is 42.5 Å². The molecule has 1 N–H and O–H groups in total. The predicted octanol–water partition coefficient (Wildman–Crippen LogP) is 5.76. The normalized spacial score (nSPS) is 10.2. The van der Waals surface area contributed by atoms with Crippen LogP contribution < -0.4 is 10.1 Å². The standard InChI is InChI=1S/C23H26BrNO4/c1-2-22(26)29-17-7-5-3-4-6-16-28-21-14-8-18(9-15-21)23(27)25-20-12-10-19(24)11-13-20/h2,8-15H,1,3-7,16-17H2,(H,25,27). The van der Waals surface area contributed by atoms with Crippen molar-refractivity contribution < 1.29 is 19.1 Å². The molecule has 0 heterocycles. The molecule has 0 unspecified atom stereocenters. The summed E-state index contributed by atoms with van der Waals surface area (Å²) in [5, 5.41) is 2.86. The van der Waals surface area contributed by atoms with E-state index >= 15 is 0 Å². The van der Waals surface area contributed by atoms with Gasteiger partial charge in [0.15, 0.2) is 0 Å². The molecule has 2 aromatic carbocycles. The van der Waals surface area contributed by atoms with Gasteiger partial charge in [-0.3, -0.25) is 4.79 Å². The summed E-state index contributed by atoms with van der Waals surface area (Å²) in [6.45, 7) is 4.44. The molecule has 154 valence electrons. The van der Waals surface area contributed by atoms with Crippen molar-refractivity contribution in [1.29, 1.82) is 0 Å². The van der Waals surface area contributed by atoms with Gasteiger partial charge in [0.05, 0.1) is 13.2 Å². The summed E-state index contributed by atoms with van der Waals surface area (Å²) in [5.41, 5.74) is 1.33. The second-order valence-electron chi connectivity index (χ2n) is 6.47. The molecule has 0 saturated carbocycles. The van der Waals surface area contributed by atoms with Crippen molar-refractivity contribution in [3.8, 4) is 5.75 Å². The van der Waals surface area contributed by atoms with Gasteiger partial charge in [-0.25, -0.2) is 4.79 Å². The van der Waals surface area contributed by atoms with Crippen molar-refractivity contribution in [2.45, 2.75) is 32.1 Å². The molecule has 0 aliphatic carbocycles. The highest BCUT2D eigenvalue weighted by atomic mass is 79.9. The summed E-state index contributed by atoms with van der Waals surface area (Å²) in [7, 11) is 0. The highest BCUT2D eigenvalue weighted by molar-refractivity contribution is 9.10. The van der Waals surface area contributed by atoms with E-state index in [2.05, 4.69) is 27.8 Å². The number of ether oxygens (including phenoxy) is 2. The first-order chi connectivity index (χ1) is 14.1. The van der Waals surface area contributed by atoms with Gasteiger partial charge in [0.1, 0.15) is 5.75 Å². The van der Waals surface area contributed by atoms with E-state index in [4.69, 9.17) is 9.47 Å². The maximum atomic E-state index is 12.3. The monoisotopic (exact) mass is 459 g/mol. The van der Waals surface area contributed by atoms with Crippen LogP contribution in [0, 0.1) is 0 Å². The third kappa shape index (κ3) is 8.96. The third-order valence-electron chi connectivity index (χ3n) is 4.19. The zero-order chi connectivity index (χ0) is 20.9. The molecule has 0 bridgehead atoms. The number of hydrogen-bond donors (Lipinski definition) is 1. The van der Waals surface area contributed by atoms with E-state index in [1.165, 1.54) is 6.08 Å². The van der Waals surface area contributed by atoms with E-state index in [0.29, 0.717) is 18.8 Å². The topological polar surface area (TPSA) is 64.6 Å². The number of anilines is 1. The summed E-state index contributed by atoms with van der Waals surface area (Å²) in [4.78, 5) is 23.2. The van der Waals surface area contributed by atoms with Crippen LogP contribution in [0.3, 0.4) is 0 Å². The molecule has 5 nitrogen and oxygen atoms in total. The molecule has 0 spiro atoms. The fourth-order valence-electron chi connectivity index (χ4n) is 2.60. The Kier molecular flexibility index (Phi) is 10.00. The summed E-state index contributed by atoms with van der Waals surface area (Å²) in [5.74, 6) is 0.231. The molecular formula is C23H26BrNO4. The molecule has 0 aliphatic rings. The van der Waals surface area contributed by atoms with Gasteiger partial charge in [-0.05, 0) is 61.4 Å². The summed E-state index contributed by atoms with van der Waals surface area (Å²) in [6, 6.07) is 14.6. The molecule has 2 aromatic rings. The van der Waals surface area contributed by atoms with Crippen molar-refractivity contribution in [1.82, 2.24) is 0 Å². The number of halogens is 1. The number of rotatable bonds is 12. The van der Waals surface area contributed by atoms with Gasteiger partial charge >= 0.3 is 5.97 Å². The van der Waals surface area contributed by atoms with E-state index < -0.39 is 0 Å². The number of carbonyl (C=O) groups excluding carboxylic acids is 2. The summed E-state index contributed by atoms with van der Waals surface area (Å²) >= 11 is 3.37. The Labute approximate surface area is 180 Å². The second-order valence-corrected chi connectivity index (χ2v) is 7.39. The number of esters is 1. The van der Waals surface area contributed by atoms with Crippen molar-refractivity contribution in [2.24, 2.45) is 0 Å². The highest BCUT2D eigenvalue weighted by Gasteiger charge is 2.06. The second kappa shape index (κ2) is 12.8. The van der Waals surface area contributed by atoms with E-state index in [0.717, 1.165) is 48.0 Å². The van der Waals surface area contributed by atoms with Gasteiger partial charge < -0.3 is 14.8 Å². The highest BCUT2D eigenvalue weighted by Crippen LogP contribution is 2.17. The lowest BCUT2D eigenvalue weighted by Crippen LogP contribution is -2.11. The van der Waals surface area contributed by atoms with Crippen molar-refractivity contribution in [3.63, 3.8) is 0 Å². The van der Waals surface area contributed by atoms with Crippen LogP contribution in [-0.4, -0.2) is 25.1 Å². The van der Waals surface area contributed by atoms with Crippen LogP contribution in [0.2, 0.25) is 0 Å². The predicted molar refractivity (Wildman–Crippen MR) is 118 cm³/mol. The minimum absolute atomic E-state index is 0.155. The third-order valence-corrected chi connectivity index (χ3v) is 4.72. The fraction of sp³-hybridized carbons (Fsp3) is 0.304. The van der Waals surface area contributed by atoms with Gasteiger partial charge in [0.25, 0.3) is 5.91 Å². The van der Waals surface area contributed by atoms with Crippen LogP contribution in [0.25, 0.3) is 0 Å². The molecule has 2 rings (SSSR count). The minimum Gasteiger partial charge on any atom is -0.494 e. The van der Waals surface area contributed by atoms with Crippen LogP contribution in [0.5, 0.6) is 5.75 Å². The van der Waals surface area contributed by atoms with Gasteiger partial charge in [-0.1, -0.05) is 41.8 Å². The molecule has 0 aliphatic heterocycles. The van der Waals surface area contributed by atoms with Crippen LogP contribution in [0.15, 0.2) is 65.7 Å². The van der Waals surface area contributed by atoms with Gasteiger partial charge in [0.2, 0.25) is 0 Å². The molecule has 0 atom stereocenters. The first-order valence-corrected chi connectivity index (χ1v) is 10.5. The lowest BCUT2D eigenvalue weighted by molar-refractivity contribution is -0.137. The van der Waals surface area contributed by atoms with Crippen LogP contribution in [0.4, 0.5) is 5.69 Å². The Balaban J connectivity index is 1.60. The summed E-state index contributed by atoms with van der Waals surface area (Å²) in [6.07, 6.45) is 6.15. The van der Waals surface area contributed by atoms with Gasteiger partial charge in [-0.2, -0.15) is 0 Å². The zero-order valence-electron chi connectivity index (χ0n) is 16.4. The number of benzene rings is 2. The molecule has 0 saturated heterocycles. The Hall–Kier alpha value is -2.60. The fourth-order valence-corrected chi connectivity index (χ4v) is 2.86. The SMILES string of the molecule is C=CC(=O)OCCCCCCCOc1ccc(C(=O)Nc2ccc(Br)cc2)cc1. The van der Waals surface area contributed by atoms with Crippen molar-refractivity contribution in [2.75, 3.05) is 18.5 Å². The van der Waals surface area contributed by atoms with Gasteiger partial charge in [-0.15, -0.1) is 0 Å². The van der Waals surface area contributed by atoms with Crippen LogP contribution >= 0.6 is 15.9 Å². The van der Waals surface area contributed by atoms with E-state index in [1.54, 1.807) is 12.1 Å². The molecule has 0 radical (unpaired) electrons. The first kappa shape index (κ1) is 22.7. The number of carbonyl (C=O) groups is 2. The summed E-state index contributed by atoms with van der Waals surface area (Å²) < 4.78 is 11.6. The largest absolute Gasteiger partial charge is 0.494 e. The van der Waals surface area contributed by atoms with Crippen molar-refractivity contribution in [3.05, 3.63) is 71.2 Å². The van der Waals surface area contributed by atoms with E-state index in [1.807, 2.05) is 36.4 Å². The molecule has 0 fully saturated rings. The lowest BCUT2D eigenvalue weighted by Gasteiger charge is -2.08. The Morgan fingerprint density at radius 1 is 0.897 bits per heavy atom.